The standard InChI is InChI=1S/C11H15ClS/c12-8-10-13-9-4-7-11-5-2-1-3-6-11/h1-3,5-6H,4,7-10H2. The van der Waals surface area contributed by atoms with Crippen LogP contribution >= 0.6 is 23.4 Å². The lowest BCUT2D eigenvalue weighted by Crippen LogP contribution is -1.89. The number of hydrogen-bond acceptors (Lipinski definition) is 1. The molecule has 0 spiro atoms. The van der Waals surface area contributed by atoms with Gasteiger partial charge in [-0.2, -0.15) is 11.8 Å². The third-order valence-electron chi connectivity index (χ3n) is 1.82. The molecule has 0 unspecified atom stereocenters. The van der Waals surface area contributed by atoms with Crippen molar-refractivity contribution in [2.75, 3.05) is 17.4 Å². The molecule has 1 aromatic carbocycles. The van der Waals surface area contributed by atoms with Crippen molar-refractivity contribution in [3.63, 3.8) is 0 Å². The minimum absolute atomic E-state index is 0.774. The van der Waals surface area contributed by atoms with Crippen molar-refractivity contribution in [1.29, 1.82) is 0 Å². The Morgan fingerprint density at radius 2 is 1.85 bits per heavy atom. The minimum atomic E-state index is 0.774. The normalized spacial score (nSPS) is 10.2. The van der Waals surface area contributed by atoms with Crippen LogP contribution in [0.4, 0.5) is 0 Å². The number of halogens is 1. The van der Waals surface area contributed by atoms with E-state index < -0.39 is 0 Å². The summed E-state index contributed by atoms with van der Waals surface area (Å²) in [6.07, 6.45) is 2.45. The van der Waals surface area contributed by atoms with Crippen LogP contribution in [0.3, 0.4) is 0 Å². The molecular weight excluding hydrogens is 200 g/mol. The Hall–Kier alpha value is -0.140. The fraction of sp³-hybridized carbons (Fsp3) is 0.455. The van der Waals surface area contributed by atoms with Crippen LogP contribution in [0, 0.1) is 0 Å². The van der Waals surface area contributed by atoms with E-state index in [-0.39, 0.29) is 0 Å². The van der Waals surface area contributed by atoms with Crippen LogP contribution in [-0.2, 0) is 6.42 Å². The third-order valence-corrected chi connectivity index (χ3v) is 3.30. The molecule has 0 amide bonds. The maximum atomic E-state index is 5.58. The molecule has 1 aromatic rings. The van der Waals surface area contributed by atoms with Crippen molar-refractivity contribution in [2.24, 2.45) is 0 Å². The summed E-state index contributed by atoms with van der Waals surface area (Å²) in [7, 11) is 0. The molecule has 0 radical (unpaired) electrons. The molecule has 0 saturated carbocycles. The molecule has 13 heavy (non-hydrogen) atoms. The van der Waals surface area contributed by atoms with Crippen LogP contribution in [0.1, 0.15) is 12.0 Å². The van der Waals surface area contributed by atoms with Crippen molar-refractivity contribution in [3.8, 4) is 0 Å². The maximum absolute atomic E-state index is 5.58. The second kappa shape index (κ2) is 7.28. The highest BCUT2D eigenvalue weighted by Crippen LogP contribution is 2.07. The Kier molecular flexibility index (Phi) is 6.13. The van der Waals surface area contributed by atoms with E-state index in [4.69, 9.17) is 11.6 Å². The number of thioether (sulfide) groups is 1. The smallest absolute Gasteiger partial charge is 0.0314 e. The molecule has 0 fully saturated rings. The highest BCUT2D eigenvalue weighted by atomic mass is 35.5. The zero-order valence-electron chi connectivity index (χ0n) is 7.71. The van der Waals surface area contributed by atoms with Crippen LogP contribution in [0.15, 0.2) is 30.3 Å². The maximum Gasteiger partial charge on any atom is 0.0314 e. The molecule has 0 saturated heterocycles. The molecule has 2 heteroatoms. The van der Waals surface area contributed by atoms with E-state index in [1.807, 2.05) is 11.8 Å². The van der Waals surface area contributed by atoms with E-state index in [1.165, 1.54) is 24.2 Å². The number of alkyl halides is 1. The second-order valence-electron chi connectivity index (χ2n) is 2.89. The minimum Gasteiger partial charge on any atom is -0.161 e. The van der Waals surface area contributed by atoms with Crippen molar-refractivity contribution >= 4 is 23.4 Å². The van der Waals surface area contributed by atoms with E-state index in [2.05, 4.69) is 30.3 Å². The predicted molar refractivity (Wildman–Crippen MR) is 62.8 cm³/mol. The van der Waals surface area contributed by atoms with Gasteiger partial charge in [-0.05, 0) is 24.2 Å². The summed E-state index contributed by atoms with van der Waals surface area (Å²) in [5.41, 5.74) is 1.44. The van der Waals surface area contributed by atoms with Gasteiger partial charge in [0, 0.05) is 11.6 Å². The van der Waals surface area contributed by atoms with Gasteiger partial charge in [0.25, 0.3) is 0 Å². The molecule has 1 rings (SSSR count). The first-order valence-corrected chi connectivity index (χ1v) is 6.30. The highest BCUT2D eigenvalue weighted by molar-refractivity contribution is 7.99. The summed E-state index contributed by atoms with van der Waals surface area (Å²) in [6, 6.07) is 10.6. The zero-order valence-corrected chi connectivity index (χ0v) is 9.28. The molecule has 72 valence electrons. The van der Waals surface area contributed by atoms with Gasteiger partial charge >= 0.3 is 0 Å². The summed E-state index contributed by atoms with van der Waals surface area (Å²) in [5.74, 6) is 3.08. The lowest BCUT2D eigenvalue weighted by Gasteiger charge is -2.00. The first kappa shape index (κ1) is 10.9. The second-order valence-corrected chi connectivity index (χ2v) is 4.49. The Morgan fingerprint density at radius 1 is 1.08 bits per heavy atom. The Bertz CT molecular complexity index is 211. The molecule has 0 aliphatic heterocycles. The van der Waals surface area contributed by atoms with Crippen LogP contribution in [0.25, 0.3) is 0 Å². The molecule has 0 N–H and O–H groups in total. The monoisotopic (exact) mass is 214 g/mol. The number of aryl methyl sites for hydroxylation is 1. The van der Waals surface area contributed by atoms with Crippen molar-refractivity contribution in [1.82, 2.24) is 0 Å². The first-order valence-electron chi connectivity index (χ1n) is 4.61. The number of benzene rings is 1. The summed E-state index contributed by atoms with van der Waals surface area (Å²) in [5, 5.41) is 0. The quantitative estimate of drug-likeness (QED) is 0.515. The van der Waals surface area contributed by atoms with Crippen molar-refractivity contribution < 1.29 is 0 Å². The van der Waals surface area contributed by atoms with Crippen LogP contribution in [0.2, 0.25) is 0 Å². The fourth-order valence-electron chi connectivity index (χ4n) is 1.18. The van der Waals surface area contributed by atoms with Crippen molar-refractivity contribution in [3.05, 3.63) is 35.9 Å². The third kappa shape index (κ3) is 5.22. The van der Waals surface area contributed by atoms with Gasteiger partial charge in [-0.3, -0.25) is 0 Å². The lowest BCUT2D eigenvalue weighted by molar-refractivity contribution is 0.933. The van der Waals surface area contributed by atoms with E-state index >= 15 is 0 Å². The summed E-state index contributed by atoms with van der Waals surface area (Å²) >= 11 is 7.52. The molecule has 0 nitrogen and oxygen atoms in total. The summed E-state index contributed by atoms with van der Waals surface area (Å²) in [4.78, 5) is 0. The van der Waals surface area contributed by atoms with Gasteiger partial charge in [0.15, 0.2) is 0 Å². The zero-order chi connectivity index (χ0) is 9.36. The predicted octanol–water partition coefficient (Wildman–Crippen LogP) is 3.59. The van der Waals surface area contributed by atoms with Gasteiger partial charge in [0.2, 0.25) is 0 Å². The Labute approximate surface area is 89.7 Å². The molecule has 0 atom stereocenters. The van der Waals surface area contributed by atoms with Crippen LogP contribution < -0.4 is 0 Å². The fourth-order valence-corrected chi connectivity index (χ4v) is 2.17. The van der Waals surface area contributed by atoms with E-state index in [1.54, 1.807) is 0 Å². The molecule has 0 aliphatic rings. The molecule has 0 heterocycles. The molecule has 0 aliphatic carbocycles. The number of hydrogen-bond donors (Lipinski definition) is 0. The largest absolute Gasteiger partial charge is 0.161 e. The van der Waals surface area contributed by atoms with Crippen LogP contribution in [-0.4, -0.2) is 17.4 Å². The average Bonchev–Trinajstić information content (AvgIpc) is 2.19. The SMILES string of the molecule is ClCCSCCCc1ccccc1. The van der Waals surface area contributed by atoms with Crippen molar-refractivity contribution in [2.45, 2.75) is 12.8 Å². The van der Waals surface area contributed by atoms with E-state index in [0.29, 0.717) is 0 Å². The highest BCUT2D eigenvalue weighted by Gasteiger charge is 1.91. The van der Waals surface area contributed by atoms with E-state index in [0.717, 1.165) is 11.6 Å². The summed E-state index contributed by atoms with van der Waals surface area (Å²) in [6.45, 7) is 0. The van der Waals surface area contributed by atoms with Gasteiger partial charge in [0.05, 0.1) is 0 Å². The Balaban J connectivity index is 2.07. The Morgan fingerprint density at radius 3 is 2.54 bits per heavy atom. The molecular formula is C11H15ClS. The van der Waals surface area contributed by atoms with Gasteiger partial charge in [0.1, 0.15) is 0 Å². The van der Waals surface area contributed by atoms with E-state index in [9.17, 15) is 0 Å². The van der Waals surface area contributed by atoms with Crippen LogP contribution in [0.5, 0.6) is 0 Å². The van der Waals surface area contributed by atoms with Gasteiger partial charge in [-0.15, -0.1) is 11.6 Å². The van der Waals surface area contributed by atoms with Gasteiger partial charge in [-0.25, -0.2) is 0 Å². The van der Waals surface area contributed by atoms with Gasteiger partial charge < -0.3 is 0 Å². The average molecular weight is 215 g/mol. The summed E-state index contributed by atoms with van der Waals surface area (Å²) < 4.78 is 0. The van der Waals surface area contributed by atoms with Gasteiger partial charge in [-0.1, -0.05) is 30.3 Å². The topological polar surface area (TPSA) is 0 Å². The molecule has 0 aromatic heterocycles. The lowest BCUT2D eigenvalue weighted by atomic mass is 10.1. The molecule has 0 bridgehead atoms. The first-order chi connectivity index (χ1) is 6.43. The number of rotatable bonds is 6.